The second kappa shape index (κ2) is 3.72. The monoisotopic (exact) mass is 268 g/mol. The summed E-state index contributed by atoms with van der Waals surface area (Å²) in [5.41, 5.74) is 7.11. The van der Waals surface area contributed by atoms with Crippen molar-refractivity contribution in [2.75, 3.05) is 5.73 Å². The van der Waals surface area contributed by atoms with Gasteiger partial charge in [-0.15, -0.1) is 11.3 Å². The molecule has 3 rings (SSSR count). The Morgan fingerprint density at radius 1 is 1.41 bits per heavy atom. The number of thiophene rings is 1. The number of oxazole rings is 1. The van der Waals surface area contributed by atoms with Gasteiger partial charge in [0.15, 0.2) is 5.58 Å². The molecule has 6 heteroatoms. The number of nitrogens with zero attached hydrogens (tertiary/aromatic N) is 1. The standard InChI is InChI=1S/C11H6ClFN2OS/c12-6-3-5(13)4-8-9(6)16-11(15-8)10-7(14)1-2-17-10/h1-4H,14H2. The van der Waals surface area contributed by atoms with Gasteiger partial charge in [0.1, 0.15) is 16.2 Å². The highest BCUT2D eigenvalue weighted by Crippen LogP contribution is 2.35. The normalized spacial score (nSPS) is 11.2. The fourth-order valence-corrected chi connectivity index (χ4v) is 2.53. The van der Waals surface area contributed by atoms with E-state index in [1.165, 1.54) is 23.5 Å². The Hall–Kier alpha value is -1.59. The Balaban J connectivity index is 2.27. The summed E-state index contributed by atoms with van der Waals surface area (Å²) < 4.78 is 18.6. The van der Waals surface area contributed by atoms with Crippen LogP contribution in [0.4, 0.5) is 10.1 Å². The van der Waals surface area contributed by atoms with Crippen molar-refractivity contribution in [3.05, 3.63) is 34.4 Å². The molecule has 0 fully saturated rings. The number of aromatic nitrogens is 1. The summed E-state index contributed by atoms with van der Waals surface area (Å²) in [5.74, 6) is -0.0819. The molecule has 0 saturated carbocycles. The van der Waals surface area contributed by atoms with E-state index in [2.05, 4.69) is 4.98 Å². The van der Waals surface area contributed by atoms with Crippen LogP contribution < -0.4 is 5.73 Å². The lowest BCUT2D eigenvalue weighted by Gasteiger charge is -1.91. The molecule has 0 radical (unpaired) electrons. The van der Waals surface area contributed by atoms with Crippen molar-refractivity contribution in [2.24, 2.45) is 0 Å². The number of rotatable bonds is 1. The van der Waals surface area contributed by atoms with E-state index in [1.807, 2.05) is 5.38 Å². The minimum Gasteiger partial charge on any atom is -0.434 e. The number of hydrogen-bond donors (Lipinski definition) is 1. The van der Waals surface area contributed by atoms with Crippen molar-refractivity contribution in [3.63, 3.8) is 0 Å². The number of nitrogen functional groups attached to an aromatic ring is 1. The van der Waals surface area contributed by atoms with E-state index in [1.54, 1.807) is 6.07 Å². The molecule has 17 heavy (non-hydrogen) atoms. The van der Waals surface area contributed by atoms with Gasteiger partial charge in [-0.05, 0) is 17.5 Å². The SMILES string of the molecule is Nc1ccsc1-c1nc2cc(F)cc(Cl)c2o1. The third-order valence-corrected chi connectivity index (χ3v) is 3.50. The first-order chi connectivity index (χ1) is 8.15. The van der Waals surface area contributed by atoms with Crippen LogP contribution in [-0.4, -0.2) is 4.98 Å². The Labute approximate surface area is 105 Å². The van der Waals surface area contributed by atoms with Crippen molar-refractivity contribution < 1.29 is 8.81 Å². The van der Waals surface area contributed by atoms with Crippen LogP contribution in [0.5, 0.6) is 0 Å². The lowest BCUT2D eigenvalue weighted by Crippen LogP contribution is -1.83. The maximum atomic E-state index is 13.1. The van der Waals surface area contributed by atoms with Gasteiger partial charge < -0.3 is 10.2 Å². The van der Waals surface area contributed by atoms with E-state index >= 15 is 0 Å². The van der Waals surface area contributed by atoms with Crippen molar-refractivity contribution >= 4 is 39.7 Å². The molecule has 0 amide bonds. The van der Waals surface area contributed by atoms with Crippen molar-refractivity contribution in [2.45, 2.75) is 0 Å². The highest BCUT2D eigenvalue weighted by Gasteiger charge is 2.15. The van der Waals surface area contributed by atoms with Crippen LogP contribution in [0.2, 0.25) is 5.02 Å². The zero-order valence-electron chi connectivity index (χ0n) is 8.41. The van der Waals surface area contributed by atoms with Gasteiger partial charge in [0.25, 0.3) is 0 Å². The molecule has 0 unspecified atom stereocenters. The molecule has 1 aromatic carbocycles. The van der Waals surface area contributed by atoms with Gasteiger partial charge in [-0.3, -0.25) is 0 Å². The Morgan fingerprint density at radius 3 is 2.94 bits per heavy atom. The summed E-state index contributed by atoms with van der Waals surface area (Å²) in [6.07, 6.45) is 0. The summed E-state index contributed by atoms with van der Waals surface area (Å²) in [5, 5.41) is 2.04. The zero-order valence-corrected chi connectivity index (χ0v) is 9.98. The first-order valence-corrected chi connectivity index (χ1v) is 6.00. The fraction of sp³-hybridized carbons (Fsp3) is 0. The minimum absolute atomic E-state index is 0.203. The molecular weight excluding hydrogens is 263 g/mol. The Bertz CT molecular complexity index is 707. The molecule has 0 bridgehead atoms. The van der Waals surface area contributed by atoms with Gasteiger partial charge >= 0.3 is 0 Å². The van der Waals surface area contributed by atoms with Crippen LogP contribution in [0.15, 0.2) is 28.0 Å². The molecule has 2 aromatic heterocycles. The van der Waals surface area contributed by atoms with Gasteiger partial charge in [0, 0.05) is 6.07 Å². The fourth-order valence-electron chi connectivity index (χ4n) is 1.55. The van der Waals surface area contributed by atoms with Gasteiger partial charge in [-0.2, -0.15) is 0 Å². The molecule has 0 atom stereocenters. The third-order valence-electron chi connectivity index (χ3n) is 2.30. The minimum atomic E-state index is -0.443. The summed E-state index contributed by atoms with van der Waals surface area (Å²) >= 11 is 7.29. The summed E-state index contributed by atoms with van der Waals surface area (Å²) in [4.78, 5) is 4.90. The van der Waals surface area contributed by atoms with E-state index in [4.69, 9.17) is 21.8 Å². The second-order valence-electron chi connectivity index (χ2n) is 3.46. The maximum Gasteiger partial charge on any atom is 0.239 e. The van der Waals surface area contributed by atoms with Crippen LogP contribution in [-0.2, 0) is 0 Å². The second-order valence-corrected chi connectivity index (χ2v) is 4.78. The quantitative estimate of drug-likeness (QED) is 0.727. The number of benzene rings is 1. The van der Waals surface area contributed by atoms with Crippen LogP contribution in [0.3, 0.4) is 0 Å². The third kappa shape index (κ3) is 1.67. The molecule has 0 aliphatic heterocycles. The van der Waals surface area contributed by atoms with Gasteiger partial charge in [0.05, 0.1) is 10.7 Å². The lowest BCUT2D eigenvalue weighted by molar-refractivity contribution is 0.615. The molecule has 2 heterocycles. The summed E-state index contributed by atoms with van der Waals surface area (Å²) in [6, 6.07) is 4.23. The van der Waals surface area contributed by atoms with Gasteiger partial charge in [-0.25, -0.2) is 9.37 Å². The van der Waals surface area contributed by atoms with Crippen LogP contribution in [0, 0.1) is 5.82 Å². The van der Waals surface area contributed by atoms with Crippen LogP contribution >= 0.6 is 22.9 Å². The lowest BCUT2D eigenvalue weighted by atomic mass is 10.3. The van der Waals surface area contributed by atoms with Crippen LogP contribution in [0.25, 0.3) is 21.9 Å². The highest BCUT2D eigenvalue weighted by atomic mass is 35.5. The number of nitrogens with two attached hydrogens (primary N) is 1. The molecule has 86 valence electrons. The predicted octanol–water partition coefficient (Wildman–Crippen LogP) is 3.93. The van der Waals surface area contributed by atoms with E-state index in [0.29, 0.717) is 22.7 Å². The largest absolute Gasteiger partial charge is 0.434 e. The maximum absolute atomic E-state index is 13.1. The number of anilines is 1. The first kappa shape index (κ1) is 10.6. The molecule has 0 aliphatic rings. The van der Waals surface area contributed by atoms with E-state index in [9.17, 15) is 4.39 Å². The predicted molar refractivity (Wildman–Crippen MR) is 66.7 cm³/mol. The molecule has 0 spiro atoms. The smallest absolute Gasteiger partial charge is 0.239 e. The van der Waals surface area contributed by atoms with Crippen molar-refractivity contribution in [1.82, 2.24) is 4.98 Å². The average Bonchev–Trinajstić information content (AvgIpc) is 2.83. The van der Waals surface area contributed by atoms with E-state index in [0.717, 1.165) is 4.88 Å². The van der Waals surface area contributed by atoms with Gasteiger partial charge in [0.2, 0.25) is 5.89 Å². The summed E-state index contributed by atoms with van der Waals surface area (Å²) in [7, 11) is 0. The highest BCUT2D eigenvalue weighted by molar-refractivity contribution is 7.14. The molecule has 2 N–H and O–H groups in total. The van der Waals surface area contributed by atoms with Gasteiger partial charge in [-0.1, -0.05) is 11.6 Å². The molecule has 3 aromatic rings. The number of halogens is 2. The van der Waals surface area contributed by atoms with Crippen LogP contribution in [0.1, 0.15) is 0 Å². The molecular formula is C11H6ClFN2OS. The van der Waals surface area contributed by atoms with E-state index < -0.39 is 5.82 Å². The average molecular weight is 269 g/mol. The molecule has 3 nitrogen and oxygen atoms in total. The number of hydrogen-bond acceptors (Lipinski definition) is 4. The Morgan fingerprint density at radius 2 is 2.24 bits per heavy atom. The molecule has 0 saturated heterocycles. The summed E-state index contributed by atoms with van der Waals surface area (Å²) in [6.45, 7) is 0. The van der Waals surface area contributed by atoms with E-state index in [-0.39, 0.29) is 5.02 Å². The first-order valence-electron chi connectivity index (χ1n) is 4.74. The van der Waals surface area contributed by atoms with Crippen molar-refractivity contribution in [3.8, 4) is 10.8 Å². The topological polar surface area (TPSA) is 52.0 Å². The molecule has 0 aliphatic carbocycles. The zero-order chi connectivity index (χ0) is 12.0. The number of fused-ring (bicyclic) bond motifs is 1. The Kier molecular flexibility index (Phi) is 2.31. The van der Waals surface area contributed by atoms with Crippen molar-refractivity contribution in [1.29, 1.82) is 0 Å².